The van der Waals surface area contributed by atoms with Crippen LogP contribution in [0.5, 0.6) is 0 Å². The zero-order valence-electron chi connectivity index (χ0n) is 11.9. The first kappa shape index (κ1) is 16.3. The fourth-order valence-corrected chi connectivity index (χ4v) is 1.83. The third kappa shape index (κ3) is 5.01. The first-order chi connectivity index (χ1) is 10.7. The normalized spacial score (nSPS) is 10.5. The van der Waals surface area contributed by atoms with Crippen LogP contribution in [0.15, 0.2) is 28.8 Å². The van der Waals surface area contributed by atoms with Gasteiger partial charge in [0.25, 0.3) is 0 Å². The number of nitrogens with one attached hydrogen (secondary N) is 2. The maximum absolute atomic E-state index is 11.4. The van der Waals surface area contributed by atoms with Crippen LogP contribution in [0.2, 0.25) is 5.02 Å². The molecule has 0 aliphatic rings. The summed E-state index contributed by atoms with van der Waals surface area (Å²) in [5.74, 6) is 0.930. The van der Waals surface area contributed by atoms with E-state index < -0.39 is 0 Å². The number of aliphatic hydroxyl groups excluding tert-OH is 1. The highest BCUT2D eigenvalue weighted by Crippen LogP contribution is 2.18. The van der Waals surface area contributed by atoms with Crippen molar-refractivity contribution in [1.82, 2.24) is 20.8 Å². The molecule has 7 nitrogen and oxygen atoms in total. The number of rotatable bonds is 7. The summed E-state index contributed by atoms with van der Waals surface area (Å²) in [6, 6.07) is 6.84. The monoisotopic (exact) mass is 324 g/mol. The van der Waals surface area contributed by atoms with Gasteiger partial charge in [0.1, 0.15) is 0 Å². The Morgan fingerprint density at radius 2 is 1.95 bits per heavy atom. The molecule has 0 spiro atoms. The average Bonchev–Trinajstić information content (AvgIpc) is 2.97. The van der Waals surface area contributed by atoms with Crippen LogP contribution >= 0.6 is 11.6 Å². The highest BCUT2D eigenvalue weighted by molar-refractivity contribution is 6.30. The Morgan fingerprint density at radius 1 is 1.23 bits per heavy atom. The molecule has 1 aromatic carbocycles. The largest absolute Gasteiger partial charge is 0.396 e. The van der Waals surface area contributed by atoms with Crippen molar-refractivity contribution in [2.75, 3.05) is 19.7 Å². The number of hydrogen-bond acceptors (Lipinski definition) is 5. The van der Waals surface area contributed by atoms with Crippen molar-refractivity contribution in [2.45, 2.75) is 12.8 Å². The van der Waals surface area contributed by atoms with Crippen LogP contribution in [0.1, 0.15) is 12.3 Å². The number of carbonyl (C=O) groups excluding carboxylic acids is 1. The predicted molar refractivity (Wildman–Crippen MR) is 81.6 cm³/mol. The van der Waals surface area contributed by atoms with Crippen LogP contribution in [0.3, 0.4) is 0 Å². The van der Waals surface area contributed by atoms with Gasteiger partial charge in [0.15, 0.2) is 0 Å². The van der Waals surface area contributed by atoms with Gasteiger partial charge in [-0.3, -0.25) is 0 Å². The molecule has 0 saturated heterocycles. The summed E-state index contributed by atoms with van der Waals surface area (Å²) in [4.78, 5) is 15.6. The smallest absolute Gasteiger partial charge is 0.314 e. The predicted octanol–water partition coefficient (Wildman–Crippen LogP) is 1.61. The second kappa shape index (κ2) is 8.35. The summed E-state index contributed by atoms with van der Waals surface area (Å²) in [7, 11) is 0. The first-order valence-corrected chi connectivity index (χ1v) is 7.28. The number of aliphatic hydroxyl groups is 1. The fraction of sp³-hybridized carbons (Fsp3) is 0.357. The lowest BCUT2D eigenvalue weighted by atomic mass is 10.2. The fourth-order valence-electron chi connectivity index (χ4n) is 1.70. The molecule has 3 N–H and O–H groups in total. The number of nitrogens with zero attached hydrogens (tertiary/aromatic N) is 2. The number of benzene rings is 1. The minimum atomic E-state index is -0.286. The second-order valence-electron chi connectivity index (χ2n) is 4.53. The molecular formula is C14H17ClN4O3. The van der Waals surface area contributed by atoms with Crippen molar-refractivity contribution in [3.63, 3.8) is 0 Å². The summed E-state index contributed by atoms with van der Waals surface area (Å²) >= 11 is 5.82. The molecule has 0 saturated carbocycles. The summed E-state index contributed by atoms with van der Waals surface area (Å²) < 4.78 is 5.13. The molecule has 2 rings (SSSR count). The zero-order valence-corrected chi connectivity index (χ0v) is 12.6. The summed E-state index contributed by atoms with van der Waals surface area (Å²) in [5, 5.41) is 18.4. The van der Waals surface area contributed by atoms with Gasteiger partial charge in [0.05, 0.1) is 0 Å². The minimum Gasteiger partial charge on any atom is -0.396 e. The minimum absolute atomic E-state index is 0.0513. The SMILES string of the molecule is O=C(NCCCO)NCCc1nc(-c2ccc(Cl)cc2)no1. The molecule has 1 aromatic heterocycles. The van der Waals surface area contributed by atoms with E-state index in [1.54, 1.807) is 12.1 Å². The highest BCUT2D eigenvalue weighted by Gasteiger charge is 2.09. The van der Waals surface area contributed by atoms with Crippen LogP contribution < -0.4 is 10.6 Å². The molecule has 0 atom stereocenters. The van der Waals surface area contributed by atoms with Crippen LogP contribution in [0.4, 0.5) is 4.79 Å². The van der Waals surface area contributed by atoms with Crippen LogP contribution in [0.25, 0.3) is 11.4 Å². The topological polar surface area (TPSA) is 100 Å². The Bertz CT molecular complexity index is 600. The Hall–Kier alpha value is -2.12. The lowest BCUT2D eigenvalue weighted by Crippen LogP contribution is -2.37. The van der Waals surface area contributed by atoms with Crippen LogP contribution in [-0.2, 0) is 6.42 Å². The summed E-state index contributed by atoms with van der Waals surface area (Å²) in [6.45, 7) is 0.868. The van der Waals surface area contributed by atoms with Crippen molar-refractivity contribution >= 4 is 17.6 Å². The van der Waals surface area contributed by atoms with E-state index >= 15 is 0 Å². The van der Waals surface area contributed by atoms with Crippen molar-refractivity contribution in [3.05, 3.63) is 35.2 Å². The van der Waals surface area contributed by atoms with E-state index in [4.69, 9.17) is 21.2 Å². The van der Waals surface area contributed by atoms with E-state index in [1.165, 1.54) is 0 Å². The average molecular weight is 325 g/mol. The van der Waals surface area contributed by atoms with Gasteiger partial charge in [-0.15, -0.1) is 0 Å². The first-order valence-electron chi connectivity index (χ1n) is 6.90. The Labute approximate surface area is 132 Å². The third-order valence-electron chi connectivity index (χ3n) is 2.82. The standard InChI is InChI=1S/C14H17ClN4O3/c15-11-4-2-10(3-5-11)13-18-12(22-19-13)6-8-17-14(21)16-7-1-9-20/h2-5,20H,1,6-9H2,(H2,16,17,21). The molecule has 2 aromatic rings. The van der Waals surface area contributed by atoms with E-state index in [2.05, 4.69) is 20.8 Å². The molecule has 118 valence electrons. The van der Waals surface area contributed by atoms with Crippen molar-refractivity contribution in [1.29, 1.82) is 0 Å². The van der Waals surface area contributed by atoms with Gasteiger partial charge in [-0.1, -0.05) is 16.8 Å². The maximum atomic E-state index is 11.4. The molecule has 1 heterocycles. The number of hydrogen-bond donors (Lipinski definition) is 3. The number of halogens is 1. The molecule has 0 radical (unpaired) electrons. The van der Waals surface area contributed by atoms with Gasteiger partial charge in [0.2, 0.25) is 11.7 Å². The number of aromatic nitrogens is 2. The molecule has 0 aliphatic heterocycles. The van der Waals surface area contributed by atoms with E-state index in [1.807, 2.05) is 12.1 Å². The highest BCUT2D eigenvalue weighted by atomic mass is 35.5. The van der Waals surface area contributed by atoms with Gasteiger partial charge >= 0.3 is 6.03 Å². The van der Waals surface area contributed by atoms with E-state index in [-0.39, 0.29) is 12.6 Å². The van der Waals surface area contributed by atoms with E-state index in [0.29, 0.717) is 42.7 Å². The number of urea groups is 1. The molecule has 0 fully saturated rings. The molecule has 0 aliphatic carbocycles. The zero-order chi connectivity index (χ0) is 15.8. The summed E-state index contributed by atoms with van der Waals surface area (Å²) in [5.41, 5.74) is 0.814. The van der Waals surface area contributed by atoms with Crippen LogP contribution in [0, 0.1) is 0 Å². The lowest BCUT2D eigenvalue weighted by molar-refractivity contribution is 0.238. The molecule has 2 amide bonds. The van der Waals surface area contributed by atoms with Crippen LogP contribution in [-0.4, -0.2) is 41.0 Å². The number of amides is 2. The van der Waals surface area contributed by atoms with Gasteiger partial charge in [-0.05, 0) is 30.7 Å². The third-order valence-corrected chi connectivity index (χ3v) is 3.07. The Morgan fingerprint density at radius 3 is 2.68 bits per heavy atom. The maximum Gasteiger partial charge on any atom is 0.314 e. The Balaban J connectivity index is 1.78. The van der Waals surface area contributed by atoms with E-state index in [0.717, 1.165) is 5.56 Å². The molecule has 0 bridgehead atoms. The molecule has 8 heteroatoms. The van der Waals surface area contributed by atoms with Crippen molar-refractivity contribution < 1.29 is 14.4 Å². The van der Waals surface area contributed by atoms with Gasteiger partial charge in [-0.2, -0.15) is 4.98 Å². The van der Waals surface area contributed by atoms with Gasteiger partial charge < -0.3 is 20.3 Å². The van der Waals surface area contributed by atoms with Crippen molar-refractivity contribution in [2.24, 2.45) is 0 Å². The Kier molecular flexibility index (Phi) is 6.17. The molecular weight excluding hydrogens is 308 g/mol. The quantitative estimate of drug-likeness (QED) is 0.672. The van der Waals surface area contributed by atoms with Crippen molar-refractivity contribution in [3.8, 4) is 11.4 Å². The molecule has 0 unspecified atom stereocenters. The second-order valence-corrected chi connectivity index (χ2v) is 4.96. The number of carbonyl (C=O) groups is 1. The van der Waals surface area contributed by atoms with E-state index in [9.17, 15) is 4.79 Å². The van der Waals surface area contributed by atoms with Gasteiger partial charge in [0, 0.05) is 36.7 Å². The lowest BCUT2D eigenvalue weighted by Gasteiger charge is -2.04. The molecule has 22 heavy (non-hydrogen) atoms. The summed E-state index contributed by atoms with van der Waals surface area (Å²) in [6.07, 6.45) is 0.968. The van der Waals surface area contributed by atoms with Gasteiger partial charge in [-0.25, -0.2) is 4.79 Å².